The number of primary amides is 1. The summed E-state index contributed by atoms with van der Waals surface area (Å²) in [5.74, 6) is -9.79. The van der Waals surface area contributed by atoms with Crippen LogP contribution in [-0.2, 0) is 60.8 Å². The number of carbonyl (C=O) groups excluding carboxylic acids is 9. The molecule has 33 heteroatoms. The van der Waals surface area contributed by atoms with Gasteiger partial charge in [-0.15, -0.1) is 0 Å². The molecule has 4 rings (SSSR count). The van der Waals surface area contributed by atoms with Gasteiger partial charge in [-0.25, -0.2) is 9.78 Å². The summed E-state index contributed by atoms with van der Waals surface area (Å²) in [6, 6.07) is -4.67. The fourth-order valence-corrected chi connectivity index (χ4v) is 9.52. The number of aromatic amines is 2. The number of nitrogens with two attached hydrogens (primary N) is 8. The third-order valence-corrected chi connectivity index (χ3v) is 14.5. The van der Waals surface area contributed by atoms with E-state index in [4.69, 9.17) is 45.9 Å². The first kappa shape index (κ1) is 69.9. The Kier molecular flexibility index (Phi) is 28.2. The number of nitrogens with one attached hydrogen (secondary N) is 9. The van der Waals surface area contributed by atoms with Crippen LogP contribution in [0.15, 0.2) is 58.0 Å². The van der Waals surface area contributed by atoms with E-state index in [2.05, 4.69) is 67.1 Å². The molecule has 10 atom stereocenters. The summed E-state index contributed by atoms with van der Waals surface area (Å²) >= 11 is 0. The van der Waals surface area contributed by atoms with Crippen LogP contribution in [0.1, 0.15) is 103 Å². The molecular weight excluding hydrogens is 1130 g/mol. The van der Waals surface area contributed by atoms with Crippen molar-refractivity contribution in [2.24, 2.45) is 66.8 Å². The van der Waals surface area contributed by atoms with Crippen LogP contribution in [0.3, 0.4) is 0 Å². The number of hydrogen-bond acceptors (Lipinski definition) is 15. The van der Waals surface area contributed by atoms with Gasteiger partial charge in [0.25, 0.3) is 0 Å². The number of carboxylic acid groups (broad SMARTS) is 1. The van der Waals surface area contributed by atoms with E-state index >= 15 is 0 Å². The highest BCUT2D eigenvalue weighted by atomic mass is 16.4. The second-order valence-corrected chi connectivity index (χ2v) is 21.2. The first-order chi connectivity index (χ1) is 41.3. The lowest BCUT2D eigenvalue weighted by atomic mass is 9.96. The van der Waals surface area contributed by atoms with Gasteiger partial charge in [-0.3, -0.25) is 58.1 Å². The summed E-state index contributed by atoms with van der Waals surface area (Å²) in [7, 11) is 0. The van der Waals surface area contributed by atoms with Gasteiger partial charge in [0, 0.05) is 74.4 Å². The minimum absolute atomic E-state index is 0.00618. The lowest BCUT2D eigenvalue weighted by Gasteiger charge is -2.31. The Morgan fingerprint density at radius 1 is 0.655 bits per heavy atom. The molecule has 33 nitrogen and oxygen atoms in total. The van der Waals surface area contributed by atoms with Gasteiger partial charge in [0.2, 0.25) is 53.2 Å². The fourth-order valence-electron chi connectivity index (χ4n) is 9.52. The summed E-state index contributed by atoms with van der Waals surface area (Å²) in [6.07, 6.45) is 4.74. The van der Waals surface area contributed by atoms with Gasteiger partial charge in [-0.05, 0) is 82.3 Å². The maximum Gasteiger partial charge on any atom is 0.326 e. The second kappa shape index (κ2) is 35.0. The summed E-state index contributed by atoms with van der Waals surface area (Å²) in [5.41, 5.74) is 46.5. The van der Waals surface area contributed by atoms with Crippen molar-refractivity contribution in [2.75, 3.05) is 26.2 Å². The van der Waals surface area contributed by atoms with Gasteiger partial charge in [-0.2, -0.15) is 0 Å². The highest BCUT2D eigenvalue weighted by Crippen LogP contribution is 2.23. The maximum atomic E-state index is 14.9. The molecule has 0 spiro atoms. The van der Waals surface area contributed by atoms with Crippen LogP contribution < -0.4 is 83.1 Å². The van der Waals surface area contributed by atoms with Gasteiger partial charge in [0.05, 0.1) is 12.4 Å². The Labute approximate surface area is 502 Å². The van der Waals surface area contributed by atoms with Crippen molar-refractivity contribution in [3.8, 4) is 0 Å². The smallest absolute Gasteiger partial charge is 0.326 e. The Morgan fingerprint density at radius 3 is 1.78 bits per heavy atom. The van der Waals surface area contributed by atoms with E-state index in [1.165, 1.54) is 24.3 Å². The van der Waals surface area contributed by atoms with E-state index in [1.54, 1.807) is 26.1 Å². The zero-order valence-corrected chi connectivity index (χ0v) is 49.2. The SMILES string of the molecule is CC[C@H](C)[C@H](NC(=O)[C@H](Cc1c[nH]c2ccccc12)NC(=O)[C@@H]1CCCN1C(=O)[C@H](CCCN=C(N)N)NC(=O)[C@H](CCCN=C(N)N)NC(=O)[C@H](CCC(N)=O)NC(=O)[C@H](C)NC(=O)[C@@H](N)Cc1cnc[nH]1)C(=O)N[C@@H](CCCN=C(N)N)C(=O)O. The number of para-hydroxylation sites is 1. The Balaban J connectivity index is 1.62. The van der Waals surface area contributed by atoms with Crippen LogP contribution in [0.25, 0.3) is 10.9 Å². The average molecular weight is 1220 g/mol. The number of aliphatic imine (C=N–C) groups is 3. The van der Waals surface area contributed by atoms with Crippen molar-refractivity contribution in [1.29, 1.82) is 0 Å². The fraction of sp³-hybridized carbons (Fsp3) is 0.556. The molecule has 1 aliphatic rings. The van der Waals surface area contributed by atoms with Crippen molar-refractivity contribution in [2.45, 2.75) is 159 Å². The number of hydrogen-bond donors (Lipinski definition) is 18. The first-order valence-corrected chi connectivity index (χ1v) is 28.7. The molecule has 1 saturated heterocycles. The first-order valence-electron chi connectivity index (χ1n) is 28.7. The molecule has 0 radical (unpaired) electrons. The number of benzene rings is 1. The number of fused-ring (bicyclic) bond motifs is 1. The van der Waals surface area contributed by atoms with Crippen molar-refractivity contribution >= 4 is 87.9 Å². The lowest BCUT2D eigenvalue weighted by Crippen LogP contribution is -2.60. The van der Waals surface area contributed by atoms with Crippen molar-refractivity contribution in [3.63, 3.8) is 0 Å². The molecule has 9 amide bonds. The van der Waals surface area contributed by atoms with Crippen LogP contribution in [0.5, 0.6) is 0 Å². The summed E-state index contributed by atoms with van der Waals surface area (Å²) in [4.78, 5) is 161. The molecule has 2 aromatic heterocycles. The van der Waals surface area contributed by atoms with E-state index in [-0.39, 0.29) is 108 Å². The van der Waals surface area contributed by atoms with E-state index in [0.29, 0.717) is 24.1 Å². The standard InChI is InChI=1S/C54H86N22O11/c1-4-28(2)42(49(84)73-38(51(86)87)15-9-21-66-54(61)62)75-47(82)39(23-30-25-67-34-12-6-5-11-32(30)34)74-48(83)40-16-10-22-76(40)50(85)37(14-8-20-65-53(59)60)72-45(80)35(13-7-19-64-52(57)58)71-46(81)36(17-18-41(56)77)70-43(78)29(3)69-44(79)33(55)24-31-26-63-27-68-31/h5-6,11-12,25-29,33,35-40,42,67H,4,7-10,13-24,55H2,1-3H3,(H2,56,77)(H,63,68)(H,69,79)(H,70,78)(H,71,81)(H,72,80)(H,73,84)(H,74,83)(H,75,82)(H,86,87)(H4,57,58,64)(H4,59,60,65)(H4,61,62,66)/t28-,29-,33-,35-,36-,37-,38-,39-,40-,42-/m0/s1. The van der Waals surface area contributed by atoms with Crippen molar-refractivity contribution in [1.82, 2.24) is 57.1 Å². The minimum Gasteiger partial charge on any atom is -0.480 e. The van der Waals surface area contributed by atoms with Crippen LogP contribution in [0.4, 0.5) is 0 Å². The molecule has 0 unspecified atom stereocenters. The predicted octanol–water partition coefficient (Wildman–Crippen LogP) is -5.04. The monoisotopic (exact) mass is 1220 g/mol. The number of nitrogens with zero attached hydrogens (tertiary/aromatic N) is 5. The number of carboxylic acids is 1. The van der Waals surface area contributed by atoms with Crippen LogP contribution in [0.2, 0.25) is 0 Å². The normalized spacial score (nSPS) is 15.9. The number of rotatable bonds is 37. The number of carbonyl (C=O) groups is 10. The summed E-state index contributed by atoms with van der Waals surface area (Å²) in [6.45, 7) is 4.96. The van der Waals surface area contributed by atoms with Crippen LogP contribution in [-0.4, -0.2) is 183 Å². The minimum atomic E-state index is -1.50. The highest BCUT2D eigenvalue weighted by Gasteiger charge is 2.41. The zero-order valence-electron chi connectivity index (χ0n) is 49.2. The van der Waals surface area contributed by atoms with Gasteiger partial charge in [0.1, 0.15) is 48.3 Å². The number of imidazole rings is 1. The number of aliphatic carboxylic acids is 1. The average Bonchev–Trinajstić information content (AvgIpc) is 2.50. The van der Waals surface area contributed by atoms with Crippen LogP contribution >= 0.6 is 0 Å². The molecule has 1 aromatic carbocycles. The molecule has 1 aliphatic heterocycles. The predicted molar refractivity (Wildman–Crippen MR) is 321 cm³/mol. The zero-order chi connectivity index (χ0) is 64.3. The third kappa shape index (κ3) is 23.1. The topological polar surface area (TPSA) is 568 Å². The molecule has 0 bridgehead atoms. The number of amides is 9. The molecule has 0 aliphatic carbocycles. The Bertz CT molecular complexity index is 2920. The number of aromatic nitrogens is 3. The van der Waals surface area contributed by atoms with E-state index in [1.807, 2.05) is 18.2 Å². The molecular formula is C54H86N22O11. The molecule has 87 heavy (non-hydrogen) atoms. The van der Waals surface area contributed by atoms with Gasteiger partial charge >= 0.3 is 5.97 Å². The van der Waals surface area contributed by atoms with Crippen molar-refractivity contribution < 1.29 is 53.1 Å². The van der Waals surface area contributed by atoms with Crippen molar-refractivity contribution in [3.05, 3.63) is 54.2 Å². The summed E-state index contributed by atoms with van der Waals surface area (Å²) < 4.78 is 0. The third-order valence-electron chi connectivity index (χ3n) is 14.5. The number of guanidine groups is 3. The molecule has 1 fully saturated rings. The molecule has 26 N–H and O–H groups in total. The maximum absolute atomic E-state index is 14.9. The molecule has 478 valence electrons. The van der Waals surface area contributed by atoms with E-state index in [9.17, 15) is 53.1 Å². The highest BCUT2D eigenvalue weighted by molar-refractivity contribution is 5.99. The van der Waals surface area contributed by atoms with E-state index < -0.39 is 126 Å². The molecule has 0 saturated carbocycles. The van der Waals surface area contributed by atoms with Crippen LogP contribution in [0, 0.1) is 5.92 Å². The summed E-state index contributed by atoms with van der Waals surface area (Å²) in [5, 5.41) is 29.2. The van der Waals surface area contributed by atoms with Gasteiger partial charge < -0.3 is 103 Å². The second-order valence-electron chi connectivity index (χ2n) is 21.2. The Hall–Kier alpha value is -9.56. The largest absolute Gasteiger partial charge is 0.480 e. The molecule has 3 heterocycles. The number of likely N-dealkylation sites (tertiary alicyclic amines) is 1. The lowest BCUT2D eigenvalue weighted by molar-refractivity contribution is -0.143. The number of H-pyrrole nitrogens is 2. The van der Waals surface area contributed by atoms with E-state index in [0.717, 1.165) is 10.9 Å². The molecule has 3 aromatic rings. The van der Waals surface area contributed by atoms with Gasteiger partial charge in [0.15, 0.2) is 17.9 Å². The Morgan fingerprint density at radius 2 is 1.21 bits per heavy atom. The quantitative estimate of drug-likeness (QED) is 0.0146. The van der Waals surface area contributed by atoms with Gasteiger partial charge in [-0.1, -0.05) is 38.5 Å².